The van der Waals surface area contributed by atoms with Crippen molar-refractivity contribution in [2.45, 2.75) is 38.3 Å². The van der Waals surface area contributed by atoms with Crippen molar-refractivity contribution in [1.82, 2.24) is 10.2 Å². The van der Waals surface area contributed by atoms with Gasteiger partial charge in [-0.05, 0) is 25.3 Å². The number of rotatable bonds is 6. The van der Waals surface area contributed by atoms with E-state index in [4.69, 9.17) is 16.7 Å². The molecule has 1 atom stereocenters. The second-order valence-electron chi connectivity index (χ2n) is 5.55. The summed E-state index contributed by atoms with van der Waals surface area (Å²) in [4.78, 5) is 47.7. The summed E-state index contributed by atoms with van der Waals surface area (Å²) in [5, 5.41) is 21.9. The number of imide groups is 1. The van der Waals surface area contributed by atoms with Crippen LogP contribution >= 0.6 is 11.6 Å². The van der Waals surface area contributed by atoms with Crippen LogP contribution in [0.4, 0.5) is 10.5 Å². The minimum Gasteiger partial charge on any atom is -0.465 e. The minimum atomic E-state index is -1.40. The molecule has 9 nitrogen and oxygen atoms in total. The Labute approximate surface area is 147 Å². The van der Waals surface area contributed by atoms with Crippen LogP contribution in [0.15, 0.2) is 18.2 Å². The Morgan fingerprint density at radius 3 is 2.56 bits per heavy atom. The Bertz CT molecular complexity index is 734. The van der Waals surface area contributed by atoms with Crippen molar-refractivity contribution in [3.05, 3.63) is 38.9 Å². The van der Waals surface area contributed by atoms with E-state index in [-0.39, 0.29) is 17.0 Å². The topological polar surface area (TPSA) is 130 Å². The van der Waals surface area contributed by atoms with Gasteiger partial charge in [-0.2, -0.15) is 0 Å². The summed E-state index contributed by atoms with van der Waals surface area (Å²) < 4.78 is 0. The predicted molar refractivity (Wildman–Crippen MR) is 87.5 cm³/mol. The van der Waals surface area contributed by atoms with Crippen molar-refractivity contribution < 1.29 is 24.4 Å². The Kier molecular flexibility index (Phi) is 5.58. The summed E-state index contributed by atoms with van der Waals surface area (Å²) in [5.74, 6) is -1.64. The average molecular weight is 370 g/mol. The van der Waals surface area contributed by atoms with Crippen LogP contribution in [0.25, 0.3) is 0 Å². The zero-order chi connectivity index (χ0) is 18.7. The lowest BCUT2D eigenvalue weighted by atomic mass is 10.1. The lowest BCUT2D eigenvalue weighted by molar-refractivity contribution is -0.385. The summed E-state index contributed by atoms with van der Waals surface area (Å²) in [6, 6.07) is 2.25. The highest BCUT2D eigenvalue weighted by atomic mass is 35.5. The molecule has 0 unspecified atom stereocenters. The number of nitrogens with one attached hydrogen (secondary N) is 1. The molecule has 0 spiro atoms. The third-order valence-corrected chi connectivity index (χ3v) is 4.09. The van der Waals surface area contributed by atoms with Crippen molar-refractivity contribution >= 4 is 35.2 Å². The number of benzene rings is 1. The van der Waals surface area contributed by atoms with Gasteiger partial charge in [-0.25, -0.2) is 4.79 Å². The average Bonchev–Trinajstić information content (AvgIpc) is 3.36. The zero-order valence-electron chi connectivity index (χ0n) is 13.3. The smallest absolute Gasteiger partial charge is 0.405 e. The Morgan fingerprint density at radius 2 is 2.08 bits per heavy atom. The van der Waals surface area contributed by atoms with Gasteiger partial charge in [0.05, 0.1) is 9.95 Å². The number of hydrogen-bond acceptors (Lipinski definition) is 5. The predicted octanol–water partition coefficient (Wildman–Crippen LogP) is 2.43. The maximum atomic E-state index is 12.9. The largest absolute Gasteiger partial charge is 0.465 e. The number of halogens is 1. The summed E-state index contributed by atoms with van der Waals surface area (Å²) in [6.07, 6.45) is -0.155. The van der Waals surface area contributed by atoms with Gasteiger partial charge < -0.3 is 10.4 Å². The summed E-state index contributed by atoms with van der Waals surface area (Å²) in [5.41, 5.74) is -0.880. The fourth-order valence-corrected chi connectivity index (χ4v) is 2.68. The van der Waals surface area contributed by atoms with Gasteiger partial charge in [0.1, 0.15) is 11.6 Å². The first-order valence-electron chi connectivity index (χ1n) is 7.57. The fraction of sp³-hybridized carbons (Fsp3) is 0.400. The van der Waals surface area contributed by atoms with Gasteiger partial charge in [0, 0.05) is 12.1 Å². The van der Waals surface area contributed by atoms with Crippen LogP contribution in [0.3, 0.4) is 0 Å². The molecule has 1 aliphatic rings. The van der Waals surface area contributed by atoms with Gasteiger partial charge in [0.15, 0.2) is 0 Å². The van der Waals surface area contributed by atoms with E-state index in [0.29, 0.717) is 12.8 Å². The summed E-state index contributed by atoms with van der Waals surface area (Å²) in [6.45, 7) is 1.59. The Morgan fingerprint density at radius 1 is 1.44 bits per heavy atom. The van der Waals surface area contributed by atoms with Crippen LogP contribution in [-0.4, -0.2) is 44.9 Å². The quantitative estimate of drug-likeness (QED) is 0.585. The molecule has 1 fully saturated rings. The molecule has 0 saturated heterocycles. The number of nitro groups is 1. The van der Waals surface area contributed by atoms with Crippen LogP contribution in [0.5, 0.6) is 0 Å². The van der Waals surface area contributed by atoms with Gasteiger partial charge >= 0.3 is 6.09 Å². The number of carbonyl (C=O) groups is 3. The molecule has 134 valence electrons. The van der Waals surface area contributed by atoms with Crippen LogP contribution < -0.4 is 5.32 Å². The normalized spacial score (nSPS) is 14.5. The summed E-state index contributed by atoms with van der Waals surface area (Å²) in [7, 11) is 0. The van der Waals surface area contributed by atoms with Crippen molar-refractivity contribution in [3.8, 4) is 0 Å². The van der Waals surface area contributed by atoms with Crippen LogP contribution in [0.2, 0.25) is 5.02 Å². The van der Waals surface area contributed by atoms with Gasteiger partial charge in [-0.15, -0.1) is 0 Å². The van der Waals surface area contributed by atoms with Gasteiger partial charge in [0.2, 0.25) is 0 Å². The molecule has 25 heavy (non-hydrogen) atoms. The number of carbonyl (C=O) groups excluding carboxylic acids is 2. The highest BCUT2D eigenvalue weighted by Crippen LogP contribution is 2.33. The zero-order valence-corrected chi connectivity index (χ0v) is 14.0. The molecule has 10 heteroatoms. The molecule has 3 amide bonds. The molecular formula is C15H16ClN3O6. The molecule has 1 aliphatic carbocycles. The lowest BCUT2D eigenvalue weighted by Crippen LogP contribution is -2.51. The molecule has 0 aliphatic heterocycles. The van der Waals surface area contributed by atoms with Gasteiger partial charge in [0.25, 0.3) is 17.5 Å². The van der Waals surface area contributed by atoms with E-state index in [0.717, 1.165) is 11.0 Å². The lowest BCUT2D eigenvalue weighted by Gasteiger charge is -2.25. The Hall–Kier alpha value is -2.68. The van der Waals surface area contributed by atoms with E-state index in [1.54, 1.807) is 6.92 Å². The molecule has 0 radical (unpaired) electrons. The van der Waals surface area contributed by atoms with Crippen molar-refractivity contribution in [2.75, 3.05) is 0 Å². The van der Waals surface area contributed by atoms with Crippen LogP contribution in [-0.2, 0) is 4.79 Å². The molecule has 0 heterocycles. The molecule has 1 aromatic rings. The standard InChI is InChI=1S/C15H16ClN3O6/c1-2-10(17-15(22)23)13(20)18(8-6-7-8)14(21)12-9(16)4-3-5-11(12)19(24)25/h3-5,8,10,17H,2,6-7H2,1H3,(H,22,23)/t10-/m0/s1. The van der Waals surface area contributed by atoms with E-state index < -0.39 is 40.6 Å². The first-order valence-corrected chi connectivity index (χ1v) is 7.95. The van der Waals surface area contributed by atoms with E-state index >= 15 is 0 Å². The highest BCUT2D eigenvalue weighted by molar-refractivity contribution is 6.35. The fourth-order valence-electron chi connectivity index (χ4n) is 2.43. The third-order valence-electron chi connectivity index (χ3n) is 3.77. The third kappa shape index (κ3) is 4.05. The number of nitrogens with zero attached hydrogens (tertiary/aromatic N) is 2. The van der Waals surface area contributed by atoms with Crippen molar-refractivity contribution in [2.24, 2.45) is 0 Å². The molecular weight excluding hydrogens is 354 g/mol. The molecule has 1 aromatic carbocycles. The van der Waals surface area contributed by atoms with Gasteiger partial charge in [-0.1, -0.05) is 24.6 Å². The van der Waals surface area contributed by atoms with Crippen molar-refractivity contribution in [1.29, 1.82) is 0 Å². The number of hydrogen-bond donors (Lipinski definition) is 2. The SMILES string of the molecule is CC[C@H](NC(=O)O)C(=O)N(C(=O)c1c(Cl)cccc1[N+](=O)[O-])C1CC1. The monoisotopic (exact) mass is 369 g/mol. The highest BCUT2D eigenvalue weighted by Gasteiger charge is 2.42. The summed E-state index contributed by atoms with van der Waals surface area (Å²) >= 11 is 5.97. The van der Waals surface area contributed by atoms with E-state index in [2.05, 4.69) is 5.32 Å². The first-order chi connectivity index (χ1) is 11.8. The second-order valence-corrected chi connectivity index (χ2v) is 5.95. The molecule has 0 aromatic heterocycles. The number of nitro benzene ring substituents is 1. The molecule has 1 saturated carbocycles. The molecule has 2 N–H and O–H groups in total. The maximum Gasteiger partial charge on any atom is 0.405 e. The maximum absolute atomic E-state index is 12.9. The number of carboxylic acid groups (broad SMARTS) is 1. The van der Waals surface area contributed by atoms with Crippen LogP contribution in [0, 0.1) is 10.1 Å². The molecule has 2 rings (SSSR count). The first kappa shape index (κ1) is 18.7. The number of amides is 3. The Balaban J connectivity index is 2.42. The second kappa shape index (κ2) is 7.47. The van der Waals surface area contributed by atoms with E-state index in [1.165, 1.54) is 12.1 Å². The van der Waals surface area contributed by atoms with Crippen LogP contribution in [0.1, 0.15) is 36.5 Å². The van der Waals surface area contributed by atoms with Gasteiger partial charge in [-0.3, -0.25) is 24.6 Å². The van der Waals surface area contributed by atoms with E-state index in [9.17, 15) is 24.5 Å². The molecule has 0 bridgehead atoms. The minimum absolute atomic E-state index is 0.131. The van der Waals surface area contributed by atoms with Crippen molar-refractivity contribution in [3.63, 3.8) is 0 Å². The van der Waals surface area contributed by atoms with E-state index in [1.807, 2.05) is 0 Å².